The van der Waals surface area contributed by atoms with E-state index in [1.807, 2.05) is 24.3 Å². The van der Waals surface area contributed by atoms with Gasteiger partial charge in [-0.25, -0.2) is 0 Å². The topological polar surface area (TPSA) is 29.5 Å². The first-order valence-electron chi connectivity index (χ1n) is 6.29. The van der Waals surface area contributed by atoms with Crippen LogP contribution in [0, 0.1) is 5.92 Å². The first-order chi connectivity index (χ1) is 8.35. The molecule has 0 N–H and O–H groups in total. The Balaban J connectivity index is 1.67. The molecular formula is C14H17NO2. The van der Waals surface area contributed by atoms with E-state index in [2.05, 4.69) is 4.90 Å². The van der Waals surface area contributed by atoms with Crippen LogP contribution >= 0.6 is 0 Å². The van der Waals surface area contributed by atoms with Crippen LogP contribution in [0.15, 0.2) is 24.3 Å². The van der Waals surface area contributed by atoms with Gasteiger partial charge in [0.1, 0.15) is 18.1 Å². The molecule has 4 rings (SSSR count). The highest BCUT2D eigenvalue weighted by Gasteiger charge is 2.35. The van der Waals surface area contributed by atoms with E-state index in [-0.39, 0.29) is 0 Å². The van der Waals surface area contributed by atoms with E-state index in [0.29, 0.717) is 17.6 Å². The van der Waals surface area contributed by atoms with Gasteiger partial charge in [0.15, 0.2) is 0 Å². The lowest BCUT2D eigenvalue weighted by molar-refractivity contribution is -0.00775. The molecule has 0 saturated carbocycles. The van der Waals surface area contributed by atoms with Crippen LogP contribution < -0.4 is 4.74 Å². The first-order valence-corrected chi connectivity index (χ1v) is 6.29. The number of piperidine rings is 3. The molecule has 3 fully saturated rings. The summed E-state index contributed by atoms with van der Waals surface area (Å²) in [5, 5.41) is 0. The van der Waals surface area contributed by atoms with Crippen molar-refractivity contribution in [3.8, 4) is 5.75 Å². The lowest BCUT2D eigenvalue weighted by Crippen LogP contribution is -2.52. The first kappa shape index (κ1) is 10.8. The predicted molar refractivity (Wildman–Crippen MR) is 65.4 cm³/mol. The maximum atomic E-state index is 10.6. The fourth-order valence-electron chi connectivity index (χ4n) is 2.84. The lowest BCUT2D eigenvalue weighted by Gasteiger charge is -2.44. The smallest absolute Gasteiger partial charge is 0.150 e. The SMILES string of the molecule is O=Cc1ccc(OC2CN3CCC2CC3)cc1. The van der Waals surface area contributed by atoms with Gasteiger partial charge in [-0.15, -0.1) is 0 Å². The van der Waals surface area contributed by atoms with Crippen molar-refractivity contribution in [3.63, 3.8) is 0 Å². The largest absolute Gasteiger partial charge is 0.489 e. The third kappa shape index (κ3) is 2.20. The Hall–Kier alpha value is -1.35. The van der Waals surface area contributed by atoms with Gasteiger partial charge in [-0.1, -0.05) is 0 Å². The summed E-state index contributed by atoms with van der Waals surface area (Å²) in [5.74, 6) is 1.60. The Labute approximate surface area is 101 Å². The van der Waals surface area contributed by atoms with Gasteiger partial charge in [0.25, 0.3) is 0 Å². The van der Waals surface area contributed by atoms with Gasteiger partial charge in [0.05, 0.1) is 0 Å². The van der Waals surface area contributed by atoms with Crippen molar-refractivity contribution < 1.29 is 9.53 Å². The van der Waals surface area contributed by atoms with Crippen molar-refractivity contribution in [2.75, 3.05) is 19.6 Å². The van der Waals surface area contributed by atoms with E-state index in [9.17, 15) is 4.79 Å². The maximum Gasteiger partial charge on any atom is 0.150 e. The molecule has 0 spiro atoms. The van der Waals surface area contributed by atoms with Crippen molar-refractivity contribution in [3.05, 3.63) is 29.8 Å². The predicted octanol–water partition coefficient (Wildman–Crippen LogP) is 1.97. The summed E-state index contributed by atoms with van der Waals surface area (Å²) >= 11 is 0. The summed E-state index contributed by atoms with van der Waals surface area (Å²) < 4.78 is 6.03. The number of ether oxygens (including phenoxy) is 1. The van der Waals surface area contributed by atoms with Crippen LogP contribution in [0.2, 0.25) is 0 Å². The fraction of sp³-hybridized carbons (Fsp3) is 0.500. The highest BCUT2D eigenvalue weighted by atomic mass is 16.5. The molecule has 3 aliphatic heterocycles. The number of nitrogens with zero attached hydrogens (tertiary/aromatic N) is 1. The summed E-state index contributed by atoms with van der Waals surface area (Å²) in [5.41, 5.74) is 0.700. The molecule has 2 bridgehead atoms. The number of aldehydes is 1. The van der Waals surface area contributed by atoms with Crippen LogP contribution in [-0.4, -0.2) is 36.9 Å². The normalized spacial score (nSPS) is 31.2. The summed E-state index contributed by atoms with van der Waals surface area (Å²) in [4.78, 5) is 13.0. The minimum absolute atomic E-state index is 0.333. The van der Waals surface area contributed by atoms with E-state index >= 15 is 0 Å². The molecule has 0 aliphatic carbocycles. The minimum Gasteiger partial charge on any atom is -0.489 e. The number of hydrogen-bond donors (Lipinski definition) is 0. The molecular weight excluding hydrogens is 214 g/mol. The van der Waals surface area contributed by atoms with E-state index < -0.39 is 0 Å². The van der Waals surface area contributed by atoms with Gasteiger partial charge in [-0.2, -0.15) is 0 Å². The summed E-state index contributed by atoms with van der Waals surface area (Å²) in [6.07, 6.45) is 3.71. The highest BCUT2D eigenvalue weighted by molar-refractivity contribution is 5.74. The Bertz CT molecular complexity index is 393. The van der Waals surface area contributed by atoms with Crippen LogP contribution in [0.25, 0.3) is 0 Å². The summed E-state index contributed by atoms with van der Waals surface area (Å²) in [6, 6.07) is 7.40. The Morgan fingerprint density at radius 1 is 1.18 bits per heavy atom. The van der Waals surface area contributed by atoms with E-state index in [1.54, 1.807) is 0 Å². The van der Waals surface area contributed by atoms with Gasteiger partial charge in [0, 0.05) is 12.1 Å². The second kappa shape index (κ2) is 4.49. The fourth-order valence-corrected chi connectivity index (χ4v) is 2.84. The standard InChI is InChI=1S/C14H17NO2/c16-10-11-1-3-13(4-2-11)17-14-9-15-7-5-12(14)6-8-15/h1-4,10,12,14H,5-9H2. The zero-order valence-corrected chi connectivity index (χ0v) is 9.84. The van der Waals surface area contributed by atoms with Crippen molar-refractivity contribution >= 4 is 6.29 Å². The van der Waals surface area contributed by atoms with Gasteiger partial charge in [-0.3, -0.25) is 9.69 Å². The average molecular weight is 231 g/mol. The minimum atomic E-state index is 0.333. The van der Waals surface area contributed by atoms with Crippen molar-refractivity contribution in [1.29, 1.82) is 0 Å². The van der Waals surface area contributed by atoms with Crippen molar-refractivity contribution in [1.82, 2.24) is 4.90 Å². The van der Waals surface area contributed by atoms with Crippen LogP contribution in [0.3, 0.4) is 0 Å². The molecule has 1 unspecified atom stereocenters. The maximum absolute atomic E-state index is 10.6. The van der Waals surface area contributed by atoms with Gasteiger partial charge in [0.2, 0.25) is 0 Å². The zero-order chi connectivity index (χ0) is 11.7. The van der Waals surface area contributed by atoms with Gasteiger partial charge in [-0.05, 0) is 56.1 Å². The summed E-state index contributed by atoms with van der Waals surface area (Å²) in [6.45, 7) is 3.52. The molecule has 3 heteroatoms. The number of carbonyl (C=O) groups excluding carboxylic acids is 1. The number of carbonyl (C=O) groups is 1. The Morgan fingerprint density at radius 3 is 2.41 bits per heavy atom. The molecule has 1 aromatic rings. The Kier molecular flexibility index (Phi) is 2.85. The van der Waals surface area contributed by atoms with Crippen LogP contribution in [0.5, 0.6) is 5.75 Å². The van der Waals surface area contributed by atoms with E-state index in [4.69, 9.17) is 4.74 Å². The Morgan fingerprint density at radius 2 is 1.88 bits per heavy atom. The molecule has 3 aliphatic rings. The van der Waals surface area contributed by atoms with E-state index in [0.717, 1.165) is 18.6 Å². The van der Waals surface area contributed by atoms with Crippen molar-refractivity contribution in [2.24, 2.45) is 5.92 Å². The van der Waals surface area contributed by atoms with Gasteiger partial charge >= 0.3 is 0 Å². The lowest BCUT2D eigenvalue weighted by atomic mass is 9.86. The van der Waals surface area contributed by atoms with Crippen LogP contribution in [0.4, 0.5) is 0 Å². The number of fused-ring (bicyclic) bond motifs is 3. The van der Waals surface area contributed by atoms with Crippen LogP contribution in [0.1, 0.15) is 23.2 Å². The van der Waals surface area contributed by atoms with Gasteiger partial charge < -0.3 is 4.74 Å². The number of benzene rings is 1. The quantitative estimate of drug-likeness (QED) is 0.745. The number of hydrogen-bond acceptors (Lipinski definition) is 3. The third-order valence-electron chi connectivity index (χ3n) is 3.90. The summed E-state index contributed by atoms with van der Waals surface area (Å²) in [7, 11) is 0. The molecule has 0 amide bonds. The molecule has 0 radical (unpaired) electrons. The second-order valence-corrected chi connectivity index (χ2v) is 4.98. The molecule has 17 heavy (non-hydrogen) atoms. The zero-order valence-electron chi connectivity index (χ0n) is 9.84. The van der Waals surface area contributed by atoms with Crippen LogP contribution in [-0.2, 0) is 0 Å². The highest BCUT2D eigenvalue weighted by Crippen LogP contribution is 2.30. The molecule has 3 nitrogen and oxygen atoms in total. The molecule has 3 heterocycles. The van der Waals surface area contributed by atoms with E-state index in [1.165, 1.54) is 25.9 Å². The second-order valence-electron chi connectivity index (χ2n) is 4.98. The average Bonchev–Trinajstić information content (AvgIpc) is 2.41. The molecule has 0 aromatic heterocycles. The molecule has 1 atom stereocenters. The molecule has 1 aromatic carbocycles. The van der Waals surface area contributed by atoms with Crippen molar-refractivity contribution in [2.45, 2.75) is 18.9 Å². The monoisotopic (exact) mass is 231 g/mol. The third-order valence-corrected chi connectivity index (χ3v) is 3.90. The number of rotatable bonds is 3. The molecule has 90 valence electrons. The molecule has 3 saturated heterocycles.